The molecule has 0 fully saturated rings. The molecule has 0 saturated heterocycles. The Kier molecular flexibility index (Phi) is 6.78. The van der Waals surface area contributed by atoms with Crippen LogP contribution in [0.1, 0.15) is 27.4 Å². The van der Waals surface area contributed by atoms with Crippen LogP contribution in [0.4, 0.5) is 32.2 Å². The molecule has 206 valence electrons. The average molecular weight is 579 g/mol. The molecule has 0 bridgehead atoms. The van der Waals surface area contributed by atoms with Crippen LogP contribution in [-0.4, -0.2) is 36.5 Å². The van der Waals surface area contributed by atoms with Crippen LogP contribution in [-0.2, 0) is 12.5 Å². The van der Waals surface area contributed by atoms with E-state index in [1.165, 1.54) is 12.1 Å². The summed E-state index contributed by atoms with van der Waals surface area (Å²) in [6.07, 6.45) is -5.97. The molecule has 0 saturated carbocycles. The number of nitrogens with zero attached hydrogens (tertiary/aromatic N) is 5. The molecule has 7 nitrogen and oxygen atoms in total. The molecule has 0 aliphatic heterocycles. The van der Waals surface area contributed by atoms with Gasteiger partial charge in [0.05, 0.1) is 12.2 Å². The SMILES string of the molecule is Cc1cc(NC(=O)c2cc3nc(-c4ccc(F)cc4)cc(C(F)(F)C(F)(F)F)n3n2)nn1Cc1ccccc1Cl. The summed E-state index contributed by atoms with van der Waals surface area (Å²) in [7, 11) is 0. The molecule has 2 aromatic carbocycles. The summed E-state index contributed by atoms with van der Waals surface area (Å²) in [5.74, 6) is -6.82. The van der Waals surface area contributed by atoms with Gasteiger partial charge in [0.25, 0.3) is 5.91 Å². The first-order valence-corrected chi connectivity index (χ1v) is 11.9. The molecule has 5 aromatic rings. The number of hydrogen-bond acceptors (Lipinski definition) is 4. The molecule has 14 heteroatoms. The molecule has 5 rings (SSSR count). The number of benzene rings is 2. The Hall–Kier alpha value is -4.39. The van der Waals surface area contributed by atoms with Crippen LogP contribution >= 0.6 is 11.6 Å². The number of carbonyl (C=O) groups is 1. The van der Waals surface area contributed by atoms with Gasteiger partial charge in [0.15, 0.2) is 17.2 Å². The van der Waals surface area contributed by atoms with E-state index in [0.717, 1.165) is 23.8 Å². The van der Waals surface area contributed by atoms with Gasteiger partial charge in [0.2, 0.25) is 0 Å². The van der Waals surface area contributed by atoms with Crippen LogP contribution in [0.15, 0.2) is 66.7 Å². The lowest BCUT2D eigenvalue weighted by molar-refractivity contribution is -0.291. The summed E-state index contributed by atoms with van der Waals surface area (Å²) in [6.45, 7) is 2.03. The van der Waals surface area contributed by atoms with Gasteiger partial charge in [0, 0.05) is 28.4 Å². The molecule has 3 heterocycles. The zero-order valence-corrected chi connectivity index (χ0v) is 21.1. The molecule has 0 aliphatic carbocycles. The Labute approximate surface area is 227 Å². The highest BCUT2D eigenvalue weighted by Gasteiger charge is 2.60. The molecular formula is C26H17ClF6N6O. The number of nitrogens with one attached hydrogen (secondary N) is 1. The number of halogens is 7. The smallest absolute Gasteiger partial charge is 0.304 e. The standard InChI is InChI=1S/C26H17ClF6N6O/c1-14-10-22(37-38(14)13-16-4-2-3-5-18(16)27)35-24(40)20-12-23-34-19(15-6-8-17(28)9-7-15)11-21(39(23)36-20)25(29,30)26(31,32)33/h2-12H,13H2,1H3,(H,35,37,40). The van der Waals surface area contributed by atoms with Gasteiger partial charge in [-0.2, -0.15) is 32.1 Å². The number of fused-ring (bicyclic) bond motifs is 1. The third kappa shape index (κ3) is 5.11. The second-order valence-electron chi connectivity index (χ2n) is 8.78. The minimum absolute atomic E-state index is 0.0786. The van der Waals surface area contributed by atoms with Crippen LogP contribution in [0.2, 0.25) is 5.02 Å². The van der Waals surface area contributed by atoms with Crippen molar-refractivity contribution in [3.8, 4) is 11.3 Å². The van der Waals surface area contributed by atoms with Crippen molar-refractivity contribution in [3.63, 3.8) is 0 Å². The molecule has 0 aliphatic rings. The van der Waals surface area contributed by atoms with Gasteiger partial charge in [-0.1, -0.05) is 29.8 Å². The van der Waals surface area contributed by atoms with Crippen molar-refractivity contribution >= 4 is 29.0 Å². The fraction of sp³-hybridized carbons (Fsp3) is 0.154. The first-order chi connectivity index (χ1) is 18.8. The molecule has 3 aromatic heterocycles. The molecule has 1 amide bonds. The van der Waals surface area contributed by atoms with Gasteiger partial charge in [-0.05, 0) is 48.9 Å². The van der Waals surface area contributed by atoms with E-state index < -0.39 is 40.9 Å². The molecular weight excluding hydrogens is 562 g/mol. The first kappa shape index (κ1) is 27.2. The van der Waals surface area contributed by atoms with Gasteiger partial charge in [0.1, 0.15) is 11.5 Å². The van der Waals surface area contributed by atoms with E-state index in [1.54, 1.807) is 41.9 Å². The highest BCUT2D eigenvalue weighted by molar-refractivity contribution is 6.31. The van der Waals surface area contributed by atoms with Crippen molar-refractivity contribution in [1.82, 2.24) is 24.4 Å². The highest BCUT2D eigenvalue weighted by atomic mass is 35.5. The van der Waals surface area contributed by atoms with E-state index in [4.69, 9.17) is 11.6 Å². The minimum Gasteiger partial charge on any atom is -0.304 e. The third-order valence-electron chi connectivity index (χ3n) is 5.98. The number of rotatable bonds is 6. The number of aryl methyl sites for hydroxylation is 1. The van der Waals surface area contributed by atoms with Crippen LogP contribution in [0.5, 0.6) is 0 Å². The monoisotopic (exact) mass is 578 g/mol. The number of carbonyl (C=O) groups excluding carboxylic acids is 1. The second-order valence-corrected chi connectivity index (χ2v) is 9.19. The maximum atomic E-state index is 14.6. The fourth-order valence-corrected chi connectivity index (χ4v) is 4.12. The van der Waals surface area contributed by atoms with Crippen LogP contribution in [0, 0.1) is 12.7 Å². The average Bonchev–Trinajstić information content (AvgIpc) is 3.47. The van der Waals surface area contributed by atoms with E-state index in [-0.39, 0.29) is 21.6 Å². The predicted octanol–water partition coefficient (Wildman–Crippen LogP) is 6.65. The number of anilines is 1. The van der Waals surface area contributed by atoms with Crippen molar-refractivity contribution in [3.05, 3.63) is 100 Å². The van der Waals surface area contributed by atoms with E-state index in [1.807, 2.05) is 0 Å². The number of hydrogen-bond donors (Lipinski definition) is 1. The van der Waals surface area contributed by atoms with Gasteiger partial charge >= 0.3 is 12.1 Å². The number of amides is 1. The molecule has 0 atom stereocenters. The van der Waals surface area contributed by atoms with Crippen LogP contribution < -0.4 is 5.32 Å². The van der Waals surface area contributed by atoms with Gasteiger partial charge < -0.3 is 5.32 Å². The topological polar surface area (TPSA) is 77.1 Å². The summed E-state index contributed by atoms with van der Waals surface area (Å²) in [4.78, 5) is 17.0. The Morgan fingerprint density at radius 1 is 0.975 bits per heavy atom. The van der Waals surface area contributed by atoms with Crippen molar-refractivity contribution in [2.45, 2.75) is 25.6 Å². The van der Waals surface area contributed by atoms with Crippen molar-refractivity contribution in [2.75, 3.05) is 5.32 Å². The summed E-state index contributed by atoms with van der Waals surface area (Å²) < 4.78 is 84.4. The normalized spacial score (nSPS) is 12.2. The zero-order valence-electron chi connectivity index (χ0n) is 20.3. The quantitative estimate of drug-likeness (QED) is 0.229. The Balaban J connectivity index is 1.50. The number of alkyl halides is 5. The zero-order chi connectivity index (χ0) is 28.8. The molecule has 40 heavy (non-hydrogen) atoms. The highest BCUT2D eigenvalue weighted by Crippen LogP contribution is 2.44. The van der Waals surface area contributed by atoms with Crippen molar-refractivity contribution in [2.24, 2.45) is 0 Å². The van der Waals surface area contributed by atoms with E-state index in [0.29, 0.717) is 23.3 Å². The van der Waals surface area contributed by atoms with Crippen LogP contribution in [0.25, 0.3) is 16.9 Å². The van der Waals surface area contributed by atoms with E-state index >= 15 is 0 Å². The minimum atomic E-state index is -5.97. The van der Waals surface area contributed by atoms with Gasteiger partial charge in [-0.3, -0.25) is 9.48 Å². The second kappa shape index (κ2) is 9.97. The first-order valence-electron chi connectivity index (χ1n) is 11.5. The fourth-order valence-electron chi connectivity index (χ4n) is 3.92. The van der Waals surface area contributed by atoms with Crippen molar-refractivity contribution < 1.29 is 31.1 Å². The van der Waals surface area contributed by atoms with E-state index in [9.17, 15) is 31.1 Å². The Bertz CT molecular complexity index is 1730. The lowest BCUT2D eigenvalue weighted by Crippen LogP contribution is -2.36. The lowest BCUT2D eigenvalue weighted by atomic mass is 10.1. The predicted molar refractivity (Wildman–Crippen MR) is 134 cm³/mol. The molecule has 1 N–H and O–H groups in total. The summed E-state index contributed by atoms with van der Waals surface area (Å²) in [5.41, 5.74) is -1.30. The van der Waals surface area contributed by atoms with Crippen molar-refractivity contribution in [1.29, 1.82) is 0 Å². The Morgan fingerprint density at radius 3 is 2.35 bits per heavy atom. The summed E-state index contributed by atoms with van der Waals surface area (Å²) >= 11 is 6.20. The molecule has 0 radical (unpaired) electrons. The van der Waals surface area contributed by atoms with E-state index in [2.05, 4.69) is 20.5 Å². The number of aromatic nitrogens is 5. The largest absolute Gasteiger partial charge is 0.459 e. The van der Waals surface area contributed by atoms with Gasteiger partial charge in [-0.15, -0.1) is 0 Å². The van der Waals surface area contributed by atoms with Gasteiger partial charge in [-0.25, -0.2) is 13.9 Å². The third-order valence-corrected chi connectivity index (χ3v) is 6.35. The van der Waals surface area contributed by atoms with Crippen LogP contribution in [0.3, 0.4) is 0 Å². The Morgan fingerprint density at radius 2 is 1.68 bits per heavy atom. The summed E-state index contributed by atoms with van der Waals surface area (Å²) in [5, 5.41) is 11.0. The maximum absolute atomic E-state index is 14.6. The molecule has 0 unspecified atom stereocenters. The molecule has 0 spiro atoms. The lowest BCUT2D eigenvalue weighted by Gasteiger charge is -2.21. The maximum Gasteiger partial charge on any atom is 0.459 e. The summed E-state index contributed by atoms with van der Waals surface area (Å²) in [6, 6.07) is 14.5.